The van der Waals surface area contributed by atoms with E-state index in [1.165, 1.54) is 16.8 Å². The van der Waals surface area contributed by atoms with E-state index in [4.69, 9.17) is 0 Å². The number of aromatic amines is 1. The molecule has 2 nitrogen and oxygen atoms in total. The minimum absolute atomic E-state index is 0. The van der Waals surface area contributed by atoms with E-state index < -0.39 is 0 Å². The third-order valence-corrected chi connectivity index (χ3v) is 2.48. The Morgan fingerprint density at radius 2 is 2.00 bits per heavy atom. The highest BCUT2D eigenvalue weighted by Gasteiger charge is 1.98. The van der Waals surface area contributed by atoms with Crippen molar-refractivity contribution in [2.24, 2.45) is 0 Å². The molecule has 0 unspecified atom stereocenters. The van der Waals surface area contributed by atoms with Crippen LogP contribution in [0.25, 0.3) is 0 Å². The van der Waals surface area contributed by atoms with E-state index in [2.05, 4.69) is 41.2 Å². The van der Waals surface area contributed by atoms with Crippen molar-refractivity contribution in [1.82, 2.24) is 9.97 Å². The van der Waals surface area contributed by atoms with Gasteiger partial charge in [0.05, 0.1) is 6.33 Å². The molecule has 3 heteroatoms. The van der Waals surface area contributed by atoms with Crippen molar-refractivity contribution in [3.8, 4) is 0 Å². The van der Waals surface area contributed by atoms with Crippen LogP contribution >= 0.6 is 12.4 Å². The van der Waals surface area contributed by atoms with Crippen molar-refractivity contribution >= 4 is 12.4 Å². The van der Waals surface area contributed by atoms with Gasteiger partial charge in [-0.1, -0.05) is 24.3 Å². The van der Waals surface area contributed by atoms with Crippen molar-refractivity contribution in [2.75, 3.05) is 0 Å². The van der Waals surface area contributed by atoms with Crippen molar-refractivity contribution < 1.29 is 0 Å². The van der Waals surface area contributed by atoms with Crippen LogP contribution in [0.5, 0.6) is 0 Å². The molecule has 15 heavy (non-hydrogen) atoms. The zero-order valence-electron chi connectivity index (χ0n) is 8.73. The van der Waals surface area contributed by atoms with Crippen LogP contribution in [-0.2, 0) is 12.8 Å². The average Bonchev–Trinajstić information content (AvgIpc) is 2.69. The Kier molecular flexibility index (Phi) is 4.37. The third kappa shape index (κ3) is 3.10. The lowest BCUT2D eigenvalue weighted by Gasteiger charge is -2.03. The molecule has 0 saturated heterocycles. The second-order valence-corrected chi connectivity index (χ2v) is 3.50. The van der Waals surface area contributed by atoms with Crippen molar-refractivity contribution in [3.63, 3.8) is 0 Å². The molecule has 80 valence electrons. The average molecular weight is 223 g/mol. The molecule has 0 aliphatic rings. The molecule has 0 bridgehead atoms. The number of rotatable bonds is 3. The first-order valence-corrected chi connectivity index (χ1v) is 4.88. The predicted octanol–water partition coefficient (Wildman–Crippen LogP) is 2.93. The lowest BCUT2D eigenvalue weighted by Crippen LogP contribution is -1.93. The van der Waals surface area contributed by atoms with Crippen LogP contribution in [-0.4, -0.2) is 9.97 Å². The summed E-state index contributed by atoms with van der Waals surface area (Å²) in [6.45, 7) is 2.16. The van der Waals surface area contributed by atoms with E-state index >= 15 is 0 Å². The number of nitrogens with one attached hydrogen (secondary N) is 1. The Labute approximate surface area is 96.2 Å². The largest absolute Gasteiger partial charge is 0.348 e. The summed E-state index contributed by atoms with van der Waals surface area (Å²) in [6, 6.07) is 8.51. The fourth-order valence-electron chi connectivity index (χ4n) is 1.58. The van der Waals surface area contributed by atoms with Crippen LogP contribution in [0.15, 0.2) is 36.8 Å². The van der Waals surface area contributed by atoms with Gasteiger partial charge in [-0.05, 0) is 30.9 Å². The summed E-state index contributed by atoms with van der Waals surface area (Å²) in [4.78, 5) is 7.12. The van der Waals surface area contributed by atoms with E-state index in [1.807, 2.05) is 6.20 Å². The number of aromatic nitrogens is 2. The molecule has 0 amide bonds. The smallest absolute Gasteiger partial charge is 0.0921 e. The maximum Gasteiger partial charge on any atom is 0.0921 e. The van der Waals surface area contributed by atoms with E-state index in [0.717, 1.165) is 12.8 Å². The first kappa shape index (κ1) is 11.8. The summed E-state index contributed by atoms with van der Waals surface area (Å²) >= 11 is 0. The second-order valence-electron chi connectivity index (χ2n) is 3.50. The molecule has 1 aromatic carbocycles. The summed E-state index contributed by atoms with van der Waals surface area (Å²) in [5, 5.41) is 0. The van der Waals surface area contributed by atoms with Gasteiger partial charge in [0.15, 0.2) is 0 Å². The quantitative estimate of drug-likeness (QED) is 0.850. The standard InChI is InChI=1S/C12H14N2.ClH/c1-10-4-2-3-5-11(10)6-7-12-8-13-9-14-12;/h2-5,8-9H,6-7H2,1H3,(H,13,14);1H. The van der Waals surface area contributed by atoms with Crippen molar-refractivity contribution in [3.05, 3.63) is 53.6 Å². The lowest BCUT2D eigenvalue weighted by atomic mass is 10.0. The van der Waals surface area contributed by atoms with Gasteiger partial charge >= 0.3 is 0 Å². The van der Waals surface area contributed by atoms with Gasteiger partial charge in [0.2, 0.25) is 0 Å². The van der Waals surface area contributed by atoms with Crippen molar-refractivity contribution in [1.29, 1.82) is 0 Å². The van der Waals surface area contributed by atoms with Gasteiger partial charge in [0, 0.05) is 11.9 Å². The molecule has 1 N–H and O–H groups in total. The third-order valence-electron chi connectivity index (χ3n) is 2.48. The van der Waals surface area contributed by atoms with Gasteiger partial charge in [-0.15, -0.1) is 12.4 Å². The highest BCUT2D eigenvalue weighted by atomic mass is 35.5. The predicted molar refractivity (Wildman–Crippen MR) is 64.4 cm³/mol. The van der Waals surface area contributed by atoms with Gasteiger partial charge in [-0.2, -0.15) is 0 Å². The summed E-state index contributed by atoms with van der Waals surface area (Å²) in [7, 11) is 0. The molecule has 0 spiro atoms. The molecular formula is C12H15ClN2. The van der Waals surface area contributed by atoms with Gasteiger partial charge in [-0.25, -0.2) is 4.98 Å². The molecule has 2 aromatic rings. The highest BCUT2D eigenvalue weighted by molar-refractivity contribution is 5.85. The minimum atomic E-state index is 0. The first-order chi connectivity index (χ1) is 6.86. The van der Waals surface area contributed by atoms with E-state index in [-0.39, 0.29) is 12.4 Å². The van der Waals surface area contributed by atoms with E-state index in [0.29, 0.717) is 0 Å². The number of H-pyrrole nitrogens is 1. The van der Waals surface area contributed by atoms with Gasteiger partial charge < -0.3 is 4.98 Å². The first-order valence-electron chi connectivity index (χ1n) is 4.88. The molecule has 0 atom stereocenters. The monoisotopic (exact) mass is 222 g/mol. The fraction of sp³-hybridized carbons (Fsp3) is 0.250. The van der Waals surface area contributed by atoms with Gasteiger partial charge in [-0.3, -0.25) is 0 Å². The molecular weight excluding hydrogens is 208 g/mol. The second kappa shape index (κ2) is 5.56. The normalized spacial score (nSPS) is 9.67. The van der Waals surface area contributed by atoms with Crippen molar-refractivity contribution in [2.45, 2.75) is 19.8 Å². The topological polar surface area (TPSA) is 28.7 Å². The molecule has 1 aromatic heterocycles. The zero-order valence-corrected chi connectivity index (χ0v) is 9.55. The number of halogens is 1. The number of hydrogen-bond acceptors (Lipinski definition) is 1. The number of imidazole rings is 1. The Hall–Kier alpha value is -1.28. The number of hydrogen-bond donors (Lipinski definition) is 1. The lowest BCUT2D eigenvalue weighted by molar-refractivity contribution is 0.917. The van der Waals surface area contributed by atoms with Gasteiger partial charge in [0.25, 0.3) is 0 Å². The molecule has 0 aliphatic carbocycles. The number of aryl methyl sites for hydroxylation is 3. The summed E-state index contributed by atoms with van der Waals surface area (Å²) < 4.78 is 0. The zero-order chi connectivity index (χ0) is 9.80. The Bertz CT molecular complexity index is 396. The SMILES string of the molecule is Cc1ccccc1CCc1cnc[nH]1.Cl. The Morgan fingerprint density at radius 3 is 2.67 bits per heavy atom. The molecule has 0 radical (unpaired) electrons. The molecule has 1 heterocycles. The molecule has 0 saturated carbocycles. The molecule has 2 rings (SSSR count). The summed E-state index contributed by atoms with van der Waals surface area (Å²) in [5.74, 6) is 0. The van der Waals surface area contributed by atoms with Crippen LogP contribution in [0.2, 0.25) is 0 Å². The van der Waals surface area contributed by atoms with E-state index in [9.17, 15) is 0 Å². The Morgan fingerprint density at radius 1 is 1.20 bits per heavy atom. The van der Waals surface area contributed by atoms with Crippen LogP contribution in [0.3, 0.4) is 0 Å². The number of nitrogens with zero attached hydrogens (tertiary/aromatic N) is 1. The van der Waals surface area contributed by atoms with Crippen LogP contribution < -0.4 is 0 Å². The van der Waals surface area contributed by atoms with Crippen LogP contribution in [0.4, 0.5) is 0 Å². The highest BCUT2D eigenvalue weighted by Crippen LogP contribution is 2.09. The van der Waals surface area contributed by atoms with Crippen LogP contribution in [0, 0.1) is 6.92 Å². The minimum Gasteiger partial charge on any atom is -0.348 e. The fourth-order valence-corrected chi connectivity index (χ4v) is 1.58. The maximum atomic E-state index is 4.00. The molecule has 0 aliphatic heterocycles. The van der Waals surface area contributed by atoms with Gasteiger partial charge in [0.1, 0.15) is 0 Å². The summed E-state index contributed by atoms with van der Waals surface area (Å²) in [6.07, 6.45) is 5.73. The van der Waals surface area contributed by atoms with E-state index in [1.54, 1.807) is 6.33 Å². The summed E-state index contributed by atoms with van der Waals surface area (Å²) in [5.41, 5.74) is 3.99. The Balaban J connectivity index is 0.00000112. The number of benzene rings is 1. The van der Waals surface area contributed by atoms with Crippen LogP contribution in [0.1, 0.15) is 16.8 Å². The maximum absolute atomic E-state index is 4.00. The molecule has 0 fully saturated rings.